The zero-order chi connectivity index (χ0) is 25.0. The molecule has 0 spiro atoms. The van der Waals surface area contributed by atoms with Crippen LogP contribution in [0.4, 0.5) is 30.6 Å². The van der Waals surface area contributed by atoms with Crippen molar-refractivity contribution in [3.63, 3.8) is 0 Å². The largest absolute Gasteiger partial charge is 0.416 e. The molecular weight excluding hydrogens is 459 g/mol. The fourth-order valence-corrected chi connectivity index (χ4v) is 3.99. The molecule has 3 aromatic rings. The lowest BCUT2D eigenvalue weighted by Crippen LogP contribution is -2.25. The van der Waals surface area contributed by atoms with Gasteiger partial charge in [-0.1, -0.05) is 31.4 Å². The molecule has 4 rings (SSSR count). The van der Waals surface area contributed by atoms with Gasteiger partial charge in [-0.15, -0.1) is 0 Å². The second-order valence-corrected chi connectivity index (χ2v) is 8.30. The van der Waals surface area contributed by atoms with Crippen molar-refractivity contribution in [3.8, 4) is 0 Å². The second-order valence-electron chi connectivity index (χ2n) is 8.30. The van der Waals surface area contributed by atoms with Gasteiger partial charge in [-0.3, -0.25) is 10.2 Å². The monoisotopic (exact) mass is 483 g/mol. The number of amides is 1. The number of pyridine rings is 1. The van der Waals surface area contributed by atoms with Gasteiger partial charge in [0.15, 0.2) is 0 Å². The molecule has 1 fully saturated rings. The molecule has 182 valence electrons. The summed E-state index contributed by atoms with van der Waals surface area (Å²) in [5.74, 6) is -0.181. The van der Waals surface area contributed by atoms with Gasteiger partial charge in [0.05, 0.1) is 16.8 Å². The highest BCUT2D eigenvalue weighted by Crippen LogP contribution is 2.30. The van der Waals surface area contributed by atoms with Gasteiger partial charge in [-0.25, -0.2) is 15.0 Å². The minimum absolute atomic E-state index is 0.0907. The summed E-state index contributed by atoms with van der Waals surface area (Å²) in [6.07, 6.45) is 3.28. The molecule has 0 unspecified atom stereocenters. The van der Waals surface area contributed by atoms with E-state index in [4.69, 9.17) is 11.1 Å². The number of hydrogen-bond acceptors (Lipinski definition) is 7. The zero-order valence-electron chi connectivity index (χ0n) is 18.7. The number of carbonyl (C=O) groups is 1. The third kappa shape index (κ3) is 5.73. The normalized spacial score (nSPS) is 14.4. The summed E-state index contributed by atoms with van der Waals surface area (Å²) in [6, 6.07) is 7.91. The molecule has 2 aromatic heterocycles. The lowest BCUT2D eigenvalue weighted by molar-refractivity contribution is -0.137. The Bertz CT molecular complexity index is 1220. The molecular formula is C24H24F3N7O. The summed E-state index contributed by atoms with van der Waals surface area (Å²) in [4.78, 5) is 24.6. The van der Waals surface area contributed by atoms with Crippen molar-refractivity contribution >= 4 is 29.1 Å². The molecule has 0 atom stereocenters. The molecule has 0 aliphatic heterocycles. The molecule has 5 N–H and O–H groups in total. The number of anilines is 3. The van der Waals surface area contributed by atoms with Crippen LogP contribution in [0.25, 0.3) is 0 Å². The number of nitrogens with one attached hydrogen (secondary N) is 3. The maximum Gasteiger partial charge on any atom is 0.416 e. The Morgan fingerprint density at radius 2 is 1.69 bits per heavy atom. The van der Waals surface area contributed by atoms with Crippen LogP contribution in [0.1, 0.15) is 59.2 Å². The average Bonchev–Trinajstić information content (AvgIpc) is 2.84. The Hall–Kier alpha value is -4.02. The fraction of sp³-hybridized carbons (Fsp3) is 0.292. The van der Waals surface area contributed by atoms with Gasteiger partial charge in [0.1, 0.15) is 23.8 Å². The number of aromatic nitrogens is 3. The van der Waals surface area contributed by atoms with Crippen LogP contribution < -0.4 is 16.4 Å². The first-order valence-corrected chi connectivity index (χ1v) is 11.1. The van der Waals surface area contributed by atoms with E-state index >= 15 is 0 Å². The maximum atomic E-state index is 12.9. The van der Waals surface area contributed by atoms with Gasteiger partial charge in [0, 0.05) is 23.4 Å². The molecule has 1 amide bonds. The lowest BCUT2D eigenvalue weighted by atomic mass is 9.95. The summed E-state index contributed by atoms with van der Waals surface area (Å²) in [5, 5.41) is 14.4. The van der Waals surface area contributed by atoms with Crippen LogP contribution in [0, 0.1) is 5.41 Å². The third-order valence-corrected chi connectivity index (χ3v) is 5.84. The minimum atomic E-state index is -4.54. The summed E-state index contributed by atoms with van der Waals surface area (Å²) >= 11 is 0. The van der Waals surface area contributed by atoms with E-state index in [2.05, 4.69) is 25.6 Å². The van der Waals surface area contributed by atoms with Gasteiger partial charge in [0.2, 0.25) is 0 Å². The average molecular weight is 483 g/mol. The van der Waals surface area contributed by atoms with Crippen molar-refractivity contribution in [2.75, 3.05) is 16.4 Å². The van der Waals surface area contributed by atoms with E-state index in [1.807, 2.05) is 0 Å². The SMILES string of the molecule is N=C(c1ccc(C(=O)Nc2cc(C(F)(F)F)ccn2)cc1)c1c(N)ncnc1NC1CCCCC1. The lowest BCUT2D eigenvalue weighted by Gasteiger charge is -2.24. The number of nitrogens with two attached hydrogens (primary N) is 1. The molecule has 11 heteroatoms. The topological polar surface area (TPSA) is 130 Å². The number of nitrogen functional groups attached to an aromatic ring is 1. The van der Waals surface area contributed by atoms with Crippen LogP contribution in [0.15, 0.2) is 48.9 Å². The molecule has 0 saturated heterocycles. The van der Waals surface area contributed by atoms with Crippen LogP contribution in [0.5, 0.6) is 0 Å². The predicted molar refractivity (Wildman–Crippen MR) is 127 cm³/mol. The first kappa shape index (κ1) is 24.1. The number of hydrogen-bond donors (Lipinski definition) is 4. The predicted octanol–water partition coefficient (Wildman–Crippen LogP) is 4.89. The number of carbonyl (C=O) groups excluding carboxylic acids is 1. The van der Waals surface area contributed by atoms with E-state index in [9.17, 15) is 18.0 Å². The molecule has 2 heterocycles. The van der Waals surface area contributed by atoms with E-state index in [-0.39, 0.29) is 29.0 Å². The third-order valence-electron chi connectivity index (χ3n) is 5.84. The summed E-state index contributed by atoms with van der Waals surface area (Å²) in [5.41, 5.74) is 6.32. The Morgan fingerprint density at radius 3 is 2.37 bits per heavy atom. The van der Waals surface area contributed by atoms with Crippen molar-refractivity contribution in [2.45, 2.75) is 44.3 Å². The van der Waals surface area contributed by atoms with Crippen molar-refractivity contribution in [1.82, 2.24) is 15.0 Å². The van der Waals surface area contributed by atoms with Crippen molar-refractivity contribution in [3.05, 3.63) is 71.2 Å². The van der Waals surface area contributed by atoms with Crippen LogP contribution in [-0.2, 0) is 6.18 Å². The van der Waals surface area contributed by atoms with Crippen molar-refractivity contribution in [2.24, 2.45) is 0 Å². The Balaban J connectivity index is 1.50. The number of nitrogens with zero attached hydrogens (tertiary/aromatic N) is 3. The molecule has 1 saturated carbocycles. The molecule has 1 aromatic carbocycles. The van der Waals surface area contributed by atoms with Crippen LogP contribution in [0.2, 0.25) is 0 Å². The molecule has 0 bridgehead atoms. The summed E-state index contributed by atoms with van der Waals surface area (Å²) in [6.45, 7) is 0. The Labute approximate surface area is 199 Å². The van der Waals surface area contributed by atoms with Crippen molar-refractivity contribution < 1.29 is 18.0 Å². The van der Waals surface area contributed by atoms with E-state index in [0.29, 0.717) is 16.9 Å². The zero-order valence-corrected chi connectivity index (χ0v) is 18.7. The highest BCUT2D eigenvalue weighted by molar-refractivity contribution is 6.16. The molecule has 0 radical (unpaired) electrons. The summed E-state index contributed by atoms with van der Waals surface area (Å²) in [7, 11) is 0. The van der Waals surface area contributed by atoms with Gasteiger partial charge in [-0.05, 0) is 37.1 Å². The highest BCUT2D eigenvalue weighted by Gasteiger charge is 2.31. The van der Waals surface area contributed by atoms with Gasteiger partial charge in [-0.2, -0.15) is 13.2 Å². The second kappa shape index (κ2) is 10.1. The number of alkyl halides is 3. The number of rotatable bonds is 6. The molecule has 1 aliphatic rings. The minimum Gasteiger partial charge on any atom is -0.383 e. The fourth-order valence-electron chi connectivity index (χ4n) is 3.99. The highest BCUT2D eigenvalue weighted by atomic mass is 19.4. The summed E-state index contributed by atoms with van der Waals surface area (Å²) < 4.78 is 38.7. The quantitative estimate of drug-likeness (QED) is 0.370. The van der Waals surface area contributed by atoms with Gasteiger partial charge in [0.25, 0.3) is 5.91 Å². The standard InChI is InChI=1S/C24H24F3N7O/c25-24(26,27)16-10-11-30-18(12-16)34-23(35)15-8-6-14(7-9-15)20(28)19-21(29)31-13-32-22(19)33-17-4-2-1-3-5-17/h6-13,17,28H,1-5H2,(H,30,34,35)(H3,29,31,32,33). The van der Waals surface area contributed by atoms with Crippen molar-refractivity contribution in [1.29, 1.82) is 5.41 Å². The molecule has 35 heavy (non-hydrogen) atoms. The van der Waals surface area contributed by atoms with Crippen LogP contribution >= 0.6 is 0 Å². The Kier molecular flexibility index (Phi) is 6.94. The van der Waals surface area contributed by atoms with Gasteiger partial charge >= 0.3 is 6.18 Å². The van der Waals surface area contributed by atoms with E-state index in [1.165, 1.54) is 24.9 Å². The number of benzene rings is 1. The first-order chi connectivity index (χ1) is 16.7. The first-order valence-electron chi connectivity index (χ1n) is 11.1. The molecule has 8 nitrogen and oxygen atoms in total. The maximum absolute atomic E-state index is 12.9. The van der Waals surface area contributed by atoms with Crippen LogP contribution in [-0.4, -0.2) is 32.6 Å². The van der Waals surface area contributed by atoms with Crippen LogP contribution in [0.3, 0.4) is 0 Å². The van der Waals surface area contributed by atoms with E-state index in [0.717, 1.165) is 44.0 Å². The number of halogens is 3. The molecule has 1 aliphatic carbocycles. The Morgan fingerprint density at radius 1 is 1.00 bits per heavy atom. The smallest absolute Gasteiger partial charge is 0.383 e. The van der Waals surface area contributed by atoms with E-state index < -0.39 is 17.6 Å². The van der Waals surface area contributed by atoms with Gasteiger partial charge < -0.3 is 16.4 Å². The van der Waals surface area contributed by atoms with E-state index in [1.54, 1.807) is 12.1 Å².